The fourth-order valence-electron chi connectivity index (χ4n) is 3.62. The van der Waals surface area contributed by atoms with Gasteiger partial charge in [0.1, 0.15) is 5.54 Å². The van der Waals surface area contributed by atoms with E-state index in [2.05, 4.69) is 39.5 Å². The summed E-state index contributed by atoms with van der Waals surface area (Å²) in [6.45, 7) is 2.10. The maximum absolute atomic E-state index is 12.5. The van der Waals surface area contributed by atoms with Gasteiger partial charge in [0.05, 0.1) is 6.61 Å². The fourth-order valence-corrected chi connectivity index (χ4v) is 3.62. The number of H-pyrrole nitrogens is 1. The number of nitrogens with zero attached hydrogens (tertiary/aromatic N) is 1. The molecule has 3 rings (SSSR count). The van der Waals surface area contributed by atoms with Gasteiger partial charge in [0.15, 0.2) is 0 Å². The second-order valence-electron chi connectivity index (χ2n) is 5.92. The van der Waals surface area contributed by atoms with E-state index < -0.39 is 5.54 Å². The summed E-state index contributed by atoms with van der Waals surface area (Å²) in [5.41, 5.74) is 1.82. The lowest BCUT2D eigenvalue weighted by Gasteiger charge is -2.36. The lowest BCUT2D eigenvalue weighted by atomic mass is 9.95. The van der Waals surface area contributed by atoms with E-state index in [4.69, 9.17) is 4.74 Å². The number of nitrogens with one attached hydrogen (secondary N) is 2. The van der Waals surface area contributed by atoms with Crippen LogP contribution in [0.15, 0.2) is 30.5 Å². The summed E-state index contributed by atoms with van der Waals surface area (Å²) in [4.78, 5) is 18.0. The van der Waals surface area contributed by atoms with Gasteiger partial charge in [-0.15, -0.1) is 0 Å². The van der Waals surface area contributed by atoms with E-state index in [1.54, 1.807) is 14.2 Å². The molecule has 5 nitrogen and oxygen atoms in total. The smallest absolute Gasteiger partial charge is 0.242 e. The molecule has 22 heavy (non-hydrogen) atoms. The largest absolute Gasteiger partial charge is 0.382 e. The van der Waals surface area contributed by atoms with Crippen LogP contribution in [0.5, 0.6) is 0 Å². The van der Waals surface area contributed by atoms with Crippen molar-refractivity contribution >= 4 is 16.8 Å². The van der Waals surface area contributed by atoms with Crippen molar-refractivity contribution in [2.24, 2.45) is 0 Å². The molecule has 0 aliphatic carbocycles. The number of aromatic nitrogens is 1. The van der Waals surface area contributed by atoms with Gasteiger partial charge in [0.2, 0.25) is 5.91 Å². The molecule has 0 spiro atoms. The first-order chi connectivity index (χ1) is 10.7. The zero-order chi connectivity index (χ0) is 15.6. The number of amides is 1. The number of hydrogen-bond donors (Lipinski definition) is 2. The van der Waals surface area contributed by atoms with E-state index in [-0.39, 0.29) is 5.91 Å². The average Bonchev–Trinajstić information content (AvgIpc) is 3.15. The summed E-state index contributed by atoms with van der Waals surface area (Å²) in [5.74, 6) is 0.0492. The minimum absolute atomic E-state index is 0.0492. The van der Waals surface area contributed by atoms with Crippen LogP contribution in [0.3, 0.4) is 0 Å². The molecule has 1 aliphatic rings. The number of likely N-dealkylation sites (tertiary alicyclic amines) is 1. The molecule has 1 saturated heterocycles. The fraction of sp³-hybridized carbons (Fsp3) is 0.471. The molecule has 2 N–H and O–H groups in total. The van der Waals surface area contributed by atoms with Gasteiger partial charge in [-0.25, -0.2) is 0 Å². The van der Waals surface area contributed by atoms with E-state index in [0.717, 1.165) is 31.4 Å². The molecule has 0 bridgehead atoms. The van der Waals surface area contributed by atoms with Gasteiger partial charge in [-0.2, -0.15) is 0 Å². The Morgan fingerprint density at radius 2 is 2.32 bits per heavy atom. The summed E-state index contributed by atoms with van der Waals surface area (Å²) in [5, 5.41) is 4.03. The lowest BCUT2D eigenvalue weighted by Crippen LogP contribution is -2.57. The van der Waals surface area contributed by atoms with E-state index in [0.29, 0.717) is 6.61 Å². The Kier molecular flexibility index (Phi) is 4.18. The lowest BCUT2D eigenvalue weighted by molar-refractivity contribution is -0.135. The topological polar surface area (TPSA) is 57.4 Å². The van der Waals surface area contributed by atoms with Crippen LogP contribution in [0.4, 0.5) is 0 Å². The van der Waals surface area contributed by atoms with Crippen LogP contribution in [0, 0.1) is 0 Å². The average molecular weight is 301 g/mol. The third-order valence-electron chi connectivity index (χ3n) is 4.70. The molecule has 1 aliphatic heterocycles. The van der Waals surface area contributed by atoms with Gasteiger partial charge in [-0.05, 0) is 37.1 Å². The molecule has 1 unspecified atom stereocenters. The Labute approximate surface area is 130 Å². The molecule has 5 heteroatoms. The second-order valence-corrected chi connectivity index (χ2v) is 5.92. The number of rotatable bonds is 5. The Morgan fingerprint density at radius 3 is 3.09 bits per heavy atom. The predicted molar refractivity (Wildman–Crippen MR) is 86.6 cm³/mol. The minimum Gasteiger partial charge on any atom is -0.382 e. The van der Waals surface area contributed by atoms with Crippen LogP contribution in [0.1, 0.15) is 18.4 Å². The van der Waals surface area contributed by atoms with Gasteiger partial charge in [0.25, 0.3) is 0 Å². The highest BCUT2D eigenvalue weighted by Crippen LogP contribution is 2.33. The predicted octanol–water partition coefficient (Wildman–Crippen LogP) is 1.89. The molecule has 0 saturated carbocycles. The van der Waals surface area contributed by atoms with E-state index in [9.17, 15) is 4.79 Å². The number of carbonyl (C=O) groups is 1. The first-order valence-electron chi connectivity index (χ1n) is 7.72. The molecule has 1 atom stereocenters. The van der Waals surface area contributed by atoms with Crippen molar-refractivity contribution in [2.75, 3.05) is 27.3 Å². The highest BCUT2D eigenvalue weighted by atomic mass is 16.5. The number of fused-ring (bicyclic) bond motifs is 1. The summed E-state index contributed by atoms with van der Waals surface area (Å²) in [6.07, 6.45) is 3.81. The Bertz CT molecular complexity index is 667. The van der Waals surface area contributed by atoms with Crippen molar-refractivity contribution in [3.05, 3.63) is 36.0 Å². The Hall–Kier alpha value is -1.85. The monoisotopic (exact) mass is 301 g/mol. The zero-order valence-corrected chi connectivity index (χ0v) is 13.2. The first-order valence-corrected chi connectivity index (χ1v) is 7.72. The normalized spacial score (nSPS) is 22.3. The van der Waals surface area contributed by atoms with Gasteiger partial charge >= 0.3 is 0 Å². The van der Waals surface area contributed by atoms with Crippen LogP contribution >= 0.6 is 0 Å². The van der Waals surface area contributed by atoms with Crippen molar-refractivity contribution < 1.29 is 9.53 Å². The molecule has 2 aromatic rings. The molecule has 2 heterocycles. The quantitative estimate of drug-likeness (QED) is 0.887. The standard InChI is InChI=1S/C17H23N3O2/c1-18-16(21)17(12-22-2)8-4-10-20(17)11-13-5-3-6-15-14(13)7-9-19-15/h3,5-7,9,19H,4,8,10-12H2,1-2H3,(H,18,21). The van der Waals surface area contributed by atoms with E-state index in [1.807, 2.05) is 6.20 Å². The first kappa shape index (κ1) is 15.1. The Balaban J connectivity index is 1.92. The van der Waals surface area contributed by atoms with Crippen molar-refractivity contribution in [2.45, 2.75) is 24.9 Å². The van der Waals surface area contributed by atoms with Gasteiger partial charge < -0.3 is 15.0 Å². The third kappa shape index (κ3) is 2.40. The number of methoxy groups -OCH3 is 1. The van der Waals surface area contributed by atoms with Gasteiger partial charge in [-0.1, -0.05) is 12.1 Å². The maximum atomic E-state index is 12.5. The molecule has 1 fully saturated rings. The highest BCUT2D eigenvalue weighted by molar-refractivity contribution is 5.87. The van der Waals surface area contributed by atoms with Gasteiger partial charge in [0, 0.05) is 37.8 Å². The molecule has 1 amide bonds. The number of aromatic amines is 1. The minimum atomic E-state index is -0.554. The molecular weight excluding hydrogens is 278 g/mol. The summed E-state index contributed by atoms with van der Waals surface area (Å²) in [7, 11) is 3.36. The summed E-state index contributed by atoms with van der Waals surface area (Å²) < 4.78 is 5.38. The number of benzene rings is 1. The van der Waals surface area contributed by atoms with Crippen LogP contribution in [-0.4, -0.2) is 48.6 Å². The maximum Gasteiger partial charge on any atom is 0.242 e. The van der Waals surface area contributed by atoms with Crippen molar-refractivity contribution in [1.82, 2.24) is 15.2 Å². The van der Waals surface area contributed by atoms with Crippen LogP contribution in [0.2, 0.25) is 0 Å². The van der Waals surface area contributed by atoms with Crippen LogP contribution in [0.25, 0.3) is 10.9 Å². The van der Waals surface area contributed by atoms with E-state index >= 15 is 0 Å². The summed E-state index contributed by atoms with van der Waals surface area (Å²) >= 11 is 0. The highest BCUT2D eigenvalue weighted by Gasteiger charge is 2.47. The molecule has 118 valence electrons. The third-order valence-corrected chi connectivity index (χ3v) is 4.70. The van der Waals surface area contributed by atoms with Gasteiger partial charge in [-0.3, -0.25) is 9.69 Å². The summed E-state index contributed by atoms with van der Waals surface area (Å²) in [6, 6.07) is 8.36. The van der Waals surface area contributed by atoms with Crippen molar-refractivity contribution in [1.29, 1.82) is 0 Å². The SMILES string of the molecule is CNC(=O)C1(COC)CCCN1Cc1cccc2[nH]ccc12. The van der Waals surface area contributed by atoms with E-state index in [1.165, 1.54) is 10.9 Å². The number of carbonyl (C=O) groups excluding carboxylic acids is 1. The number of ether oxygens (including phenoxy) is 1. The van der Waals surface area contributed by atoms with Crippen molar-refractivity contribution in [3.63, 3.8) is 0 Å². The molecule has 0 radical (unpaired) electrons. The molecule has 1 aromatic heterocycles. The number of hydrogen-bond acceptors (Lipinski definition) is 3. The van der Waals surface area contributed by atoms with Crippen LogP contribution in [-0.2, 0) is 16.1 Å². The van der Waals surface area contributed by atoms with Crippen molar-refractivity contribution in [3.8, 4) is 0 Å². The molecule has 1 aromatic carbocycles. The second kappa shape index (κ2) is 6.10. The zero-order valence-electron chi connectivity index (χ0n) is 13.2. The number of likely N-dealkylation sites (N-methyl/N-ethyl adjacent to an activating group) is 1. The molecular formula is C17H23N3O2. The Morgan fingerprint density at radius 1 is 1.45 bits per heavy atom. The van der Waals surface area contributed by atoms with Crippen LogP contribution < -0.4 is 5.32 Å².